The fourth-order valence-corrected chi connectivity index (χ4v) is 3.50. The molecular formula is C29H60O9. The molecule has 0 saturated heterocycles. The minimum Gasteiger partial charge on any atom is -0.379 e. The van der Waals surface area contributed by atoms with Crippen LogP contribution in [0, 0.1) is 0 Å². The molecule has 0 aliphatic rings. The molecule has 0 aromatic carbocycles. The largest absolute Gasteiger partial charge is 0.379 e. The summed E-state index contributed by atoms with van der Waals surface area (Å²) < 4.78 is 37.8. The average molecular weight is 553 g/mol. The van der Waals surface area contributed by atoms with E-state index in [4.69, 9.17) is 42.9 Å². The predicted octanol–water partition coefficient (Wildman–Crippen LogP) is 5.38. The maximum absolute atomic E-state index is 5.47. The smallest absolute Gasteiger partial charge is 0.106 e. The van der Waals surface area contributed by atoms with Crippen LogP contribution in [-0.4, -0.2) is 106 Å². The van der Waals surface area contributed by atoms with E-state index in [2.05, 4.69) is 6.92 Å². The normalized spacial score (nSPS) is 11.5. The molecular weight excluding hydrogens is 492 g/mol. The molecule has 0 fully saturated rings. The molecule has 0 heterocycles. The van der Waals surface area contributed by atoms with Crippen molar-refractivity contribution in [2.45, 2.75) is 84.5 Å². The van der Waals surface area contributed by atoms with Crippen molar-refractivity contribution < 1.29 is 42.9 Å². The Hall–Kier alpha value is -0.360. The molecule has 0 bridgehead atoms. The molecule has 230 valence electrons. The zero-order valence-electron chi connectivity index (χ0n) is 24.8. The summed E-state index contributed by atoms with van der Waals surface area (Å²) in [4.78, 5) is 10.4. The van der Waals surface area contributed by atoms with Gasteiger partial charge in [-0.1, -0.05) is 71.1 Å². The van der Waals surface area contributed by atoms with Crippen LogP contribution in [0.15, 0.2) is 0 Å². The van der Waals surface area contributed by atoms with Gasteiger partial charge in [-0.2, -0.15) is 0 Å². The molecule has 9 heteroatoms. The quantitative estimate of drug-likeness (QED) is 0.0584. The van der Waals surface area contributed by atoms with E-state index in [1.807, 2.05) is 6.92 Å². The summed E-state index contributed by atoms with van der Waals surface area (Å²) in [6.45, 7) is 13.2. The molecule has 0 radical (unpaired) electrons. The second kappa shape index (κ2) is 36.6. The summed E-state index contributed by atoms with van der Waals surface area (Å²) in [6.07, 6.45) is 14.6. The molecule has 9 nitrogen and oxygen atoms in total. The highest BCUT2D eigenvalue weighted by Crippen LogP contribution is 2.11. The summed E-state index contributed by atoms with van der Waals surface area (Å²) in [6, 6.07) is 0. The Balaban J connectivity index is 3.01. The summed E-state index contributed by atoms with van der Waals surface area (Å²) in [5.74, 6) is 0. The van der Waals surface area contributed by atoms with Crippen molar-refractivity contribution in [3.8, 4) is 0 Å². The molecule has 0 aliphatic heterocycles. The van der Waals surface area contributed by atoms with Crippen molar-refractivity contribution in [1.29, 1.82) is 0 Å². The van der Waals surface area contributed by atoms with Gasteiger partial charge in [0.05, 0.1) is 92.5 Å². The number of ether oxygens (including phenoxy) is 7. The lowest BCUT2D eigenvalue weighted by molar-refractivity contribution is -0.299. The van der Waals surface area contributed by atoms with Gasteiger partial charge < -0.3 is 33.2 Å². The van der Waals surface area contributed by atoms with E-state index in [0.717, 1.165) is 13.0 Å². The highest BCUT2D eigenvalue weighted by atomic mass is 17.2. The van der Waals surface area contributed by atoms with Gasteiger partial charge >= 0.3 is 0 Å². The number of unbranched alkanes of at least 4 members (excludes halogenated alkanes) is 10. The van der Waals surface area contributed by atoms with Gasteiger partial charge in [0, 0.05) is 6.61 Å². The fraction of sp³-hybridized carbons (Fsp3) is 1.00. The maximum Gasteiger partial charge on any atom is 0.106 e. The van der Waals surface area contributed by atoms with Gasteiger partial charge in [0.25, 0.3) is 0 Å². The topological polar surface area (TPSA) is 83.1 Å². The third-order valence-corrected chi connectivity index (χ3v) is 5.66. The summed E-state index contributed by atoms with van der Waals surface area (Å²) in [5.41, 5.74) is 0. The molecule has 0 aromatic rings. The third-order valence-electron chi connectivity index (χ3n) is 5.66. The molecule has 0 saturated carbocycles. The van der Waals surface area contributed by atoms with Crippen LogP contribution < -0.4 is 0 Å². The first kappa shape index (κ1) is 37.6. The molecule has 0 spiro atoms. The lowest BCUT2D eigenvalue weighted by Gasteiger charge is -2.08. The molecule has 0 aliphatic carbocycles. The second-order valence-corrected chi connectivity index (χ2v) is 9.05. The lowest BCUT2D eigenvalue weighted by atomic mass is 10.1. The van der Waals surface area contributed by atoms with Crippen LogP contribution in [-0.2, 0) is 42.9 Å². The van der Waals surface area contributed by atoms with Crippen LogP contribution in [0.2, 0.25) is 0 Å². The Kier molecular flexibility index (Phi) is 36.3. The van der Waals surface area contributed by atoms with Crippen molar-refractivity contribution in [1.82, 2.24) is 0 Å². The number of rotatable bonds is 35. The minimum absolute atomic E-state index is 0.439. The van der Waals surface area contributed by atoms with Crippen LogP contribution in [0.3, 0.4) is 0 Å². The van der Waals surface area contributed by atoms with Crippen LogP contribution in [0.4, 0.5) is 0 Å². The van der Waals surface area contributed by atoms with Gasteiger partial charge in [0.2, 0.25) is 0 Å². The van der Waals surface area contributed by atoms with E-state index in [-0.39, 0.29) is 0 Å². The SMILES string of the molecule is CCCCCCCCCCCCCOOCCOCCOCCOCCOCCOCCOCCOCC. The highest BCUT2D eigenvalue weighted by molar-refractivity contribution is 4.47. The summed E-state index contributed by atoms with van der Waals surface area (Å²) in [5, 5.41) is 0. The Morgan fingerprint density at radius 3 is 0.921 bits per heavy atom. The predicted molar refractivity (Wildman–Crippen MR) is 150 cm³/mol. The molecule has 0 unspecified atom stereocenters. The molecule has 0 rings (SSSR count). The van der Waals surface area contributed by atoms with Gasteiger partial charge in [-0.15, -0.1) is 0 Å². The van der Waals surface area contributed by atoms with Crippen LogP contribution >= 0.6 is 0 Å². The highest BCUT2D eigenvalue weighted by Gasteiger charge is 1.96. The van der Waals surface area contributed by atoms with Gasteiger partial charge in [-0.25, -0.2) is 9.78 Å². The van der Waals surface area contributed by atoms with Crippen LogP contribution in [0.1, 0.15) is 84.5 Å². The Morgan fingerprint density at radius 2 is 0.553 bits per heavy atom. The second-order valence-electron chi connectivity index (χ2n) is 9.05. The van der Waals surface area contributed by atoms with Crippen molar-refractivity contribution in [3.05, 3.63) is 0 Å². The monoisotopic (exact) mass is 552 g/mol. The fourth-order valence-electron chi connectivity index (χ4n) is 3.50. The van der Waals surface area contributed by atoms with E-state index in [9.17, 15) is 0 Å². The van der Waals surface area contributed by atoms with Crippen molar-refractivity contribution >= 4 is 0 Å². The van der Waals surface area contributed by atoms with Crippen molar-refractivity contribution in [3.63, 3.8) is 0 Å². The van der Waals surface area contributed by atoms with Crippen LogP contribution in [0.5, 0.6) is 0 Å². The zero-order chi connectivity index (χ0) is 27.5. The van der Waals surface area contributed by atoms with E-state index in [0.29, 0.717) is 99.1 Å². The van der Waals surface area contributed by atoms with E-state index in [1.54, 1.807) is 0 Å². The zero-order valence-corrected chi connectivity index (χ0v) is 24.8. The van der Waals surface area contributed by atoms with E-state index < -0.39 is 0 Å². The molecule has 0 atom stereocenters. The van der Waals surface area contributed by atoms with Gasteiger partial charge in [-0.05, 0) is 13.3 Å². The number of hydrogen-bond donors (Lipinski definition) is 0. The number of hydrogen-bond acceptors (Lipinski definition) is 9. The Bertz CT molecular complexity index is 366. The first-order valence-corrected chi connectivity index (χ1v) is 15.2. The first-order valence-electron chi connectivity index (χ1n) is 15.2. The molecule has 0 N–H and O–H groups in total. The van der Waals surface area contributed by atoms with Gasteiger partial charge in [0.1, 0.15) is 6.61 Å². The van der Waals surface area contributed by atoms with Gasteiger partial charge in [0.15, 0.2) is 0 Å². The molecule has 38 heavy (non-hydrogen) atoms. The average Bonchev–Trinajstić information content (AvgIpc) is 2.93. The van der Waals surface area contributed by atoms with Gasteiger partial charge in [-0.3, -0.25) is 0 Å². The Morgan fingerprint density at radius 1 is 0.263 bits per heavy atom. The van der Waals surface area contributed by atoms with E-state index >= 15 is 0 Å². The lowest BCUT2D eigenvalue weighted by Crippen LogP contribution is -2.15. The third kappa shape index (κ3) is 35.6. The Labute approximate surface area is 233 Å². The van der Waals surface area contributed by atoms with Crippen molar-refractivity contribution in [2.75, 3.05) is 106 Å². The minimum atomic E-state index is 0.439. The molecule has 0 amide bonds. The summed E-state index contributed by atoms with van der Waals surface area (Å²) in [7, 11) is 0. The van der Waals surface area contributed by atoms with E-state index in [1.165, 1.54) is 64.2 Å². The molecule has 0 aromatic heterocycles. The van der Waals surface area contributed by atoms with Crippen molar-refractivity contribution in [2.24, 2.45) is 0 Å². The maximum atomic E-state index is 5.47. The van der Waals surface area contributed by atoms with Crippen LogP contribution in [0.25, 0.3) is 0 Å². The summed E-state index contributed by atoms with van der Waals surface area (Å²) >= 11 is 0. The standard InChI is InChI=1S/C29H60O9/c1-3-5-6-7-8-9-10-11-12-13-14-15-37-38-29-28-36-27-26-35-25-24-34-23-22-33-21-20-32-19-18-31-17-16-30-4-2/h3-29H2,1-2H3. The first-order chi connectivity index (χ1) is 18.9.